The minimum absolute atomic E-state index is 0.900. The van der Waals surface area contributed by atoms with E-state index < -0.39 is 5.31 Å². The summed E-state index contributed by atoms with van der Waals surface area (Å²) in [4.78, 5) is 0. The van der Waals surface area contributed by atoms with Gasteiger partial charge in [-0.25, -0.2) is 0 Å². The molecular weight excluding hydrogens is 447 g/mol. The molecule has 0 fully saturated rings. The number of hydrogen-bond acceptors (Lipinski definition) is 0. The average Bonchev–Trinajstić information content (AvgIpc) is 2.82. The molecule has 0 aliphatic carbocycles. The van der Waals surface area contributed by atoms with E-state index in [1.165, 1.54) is 27.0 Å². The summed E-state index contributed by atoms with van der Waals surface area (Å²) in [5, 5.41) is 1.15. The van der Waals surface area contributed by atoms with E-state index in [1.807, 2.05) is 0 Å². The molecule has 0 saturated heterocycles. The molecule has 0 atom stereocenters. The monoisotopic (exact) mass is 472 g/mol. The van der Waals surface area contributed by atoms with E-state index in [1.54, 1.807) is 0 Å². The first-order valence-electron chi connectivity index (χ1n) is 10.2. The topological polar surface area (TPSA) is 0 Å². The van der Waals surface area contributed by atoms with Gasteiger partial charge >= 0.3 is 188 Å². The Kier molecular flexibility index (Phi) is 6.04. The van der Waals surface area contributed by atoms with Crippen LogP contribution in [0.2, 0.25) is 0 Å². The SMILES string of the molecule is Cc1ccc(C=CCP(Br)(c2ccccc2)(c2ccccc2)c2ccccc2)cc1. The summed E-state index contributed by atoms with van der Waals surface area (Å²) in [7, 11) is 0. The van der Waals surface area contributed by atoms with Crippen LogP contribution >= 0.6 is 20.8 Å². The third-order valence-electron chi connectivity index (χ3n) is 5.72. The second-order valence-corrected chi connectivity index (χ2v) is 16.7. The van der Waals surface area contributed by atoms with Crippen LogP contribution in [-0.2, 0) is 0 Å². The molecular formula is C28H26BrP. The summed E-state index contributed by atoms with van der Waals surface area (Å²) in [5.41, 5.74) is 2.51. The maximum atomic E-state index is 4.48. The predicted octanol–water partition coefficient (Wildman–Crippen LogP) is 6.85. The van der Waals surface area contributed by atoms with E-state index in [0.29, 0.717) is 0 Å². The van der Waals surface area contributed by atoms with Crippen molar-refractivity contribution in [2.24, 2.45) is 0 Å². The summed E-state index contributed by atoms with van der Waals surface area (Å²) < 4.78 is 0. The van der Waals surface area contributed by atoms with Crippen LogP contribution < -0.4 is 15.9 Å². The van der Waals surface area contributed by atoms with E-state index in [2.05, 4.69) is 150 Å². The number of hydrogen-bond donors (Lipinski definition) is 0. The first kappa shape index (κ1) is 20.8. The molecule has 0 spiro atoms. The Labute approximate surface area is 188 Å². The zero-order valence-corrected chi connectivity index (χ0v) is 19.6. The van der Waals surface area contributed by atoms with E-state index in [4.69, 9.17) is 0 Å². The molecule has 0 saturated carbocycles. The Hall–Kier alpha value is -2.47. The molecule has 0 amide bonds. The van der Waals surface area contributed by atoms with E-state index in [9.17, 15) is 0 Å². The van der Waals surface area contributed by atoms with Crippen molar-refractivity contribution in [2.75, 3.05) is 6.16 Å². The molecule has 0 unspecified atom stereocenters. The van der Waals surface area contributed by atoms with Gasteiger partial charge in [0.2, 0.25) is 0 Å². The van der Waals surface area contributed by atoms with E-state index >= 15 is 0 Å². The van der Waals surface area contributed by atoms with Crippen LogP contribution in [0.3, 0.4) is 0 Å². The normalized spacial score (nSPS) is 13.1. The minimum atomic E-state index is -2.88. The Morgan fingerprint density at radius 3 is 1.40 bits per heavy atom. The van der Waals surface area contributed by atoms with Gasteiger partial charge in [0, 0.05) is 0 Å². The van der Waals surface area contributed by atoms with Crippen LogP contribution in [0.5, 0.6) is 0 Å². The van der Waals surface area contributed by atoms with Gasteiger partial charge in [0.15, 0.2) is 0 Å². The van der Waals surface area contributed by atoms with Crippen molar-refractivity contribution in [2.45, 2.75) is 6.92 Å². The Balaban J connectivity index is 1.92. The summed E-state index contributed by atoms with van der Waals surface area (Å²) in [6.45, 7) is 2.12. The van der Waals surface area contributed by atoms with Crippen LogP contribution in [0, 0.1) is 6.92 Å². The Morgan fingerprint density at radius 2 is 1.00 bits per heavy atom. The van der Waals surface area contributed by atoms with Gasteiger partial charge in [-0.3, -0.25) is 0 Å². The summed E-state index contributed by atoms with van der Waals surface area (Å²) >= 11 is 4.48. The first-order chi connectivity index (χ1) is 14.6. The second-order valence-electron chi connectivity index (χ2n) is 7.69. The quantitative estimate of drug-likeness (QED) is 0.269. The Bertz CT molecular complexity index is 1020. The standard InChI is InChI=1S/C28H26BrP/c1-24-19-21-25(22-20-24)12-11-23-30(29,26-13-5-2-6-14-26,27-15-7-3-8-16-27)28-17-9-4-10-18-28/h2-22H,23H2,1H3. The summed E-state index contributed by atoms with van der Waals surface area (Å²) in [6, 6.07) is 41.5. The van der Waals surface area contributed by atoms with Gasteiger partial charge < -0.3 is 0 Å². The molecule has 0 radical (unpaired) electrons. The molecule has 150 valence electrons. The molecule has 4 aromatic rings. The second kappa shape index (κ2) is 8.72. The molecule has 2 heteroatoms. The Morgan fingerprint density at radius 1 is 0.600 bits per heavy atom. The van der Waals surface area contributed by atoms with E-state index in [-0.39, 0.29) is 0 Å². The molecule has 4 rings (SSSR count). The number of benzene rings is 4. The molecule has 0 nitrogen and oxygen atoms in total. The van der Waals surface area contributed by atoms with Crippen molar-refractivity contribution in [1.29, 1.82) is 0 Å². The molecule has 0 aromatic heterocycles. The molecule has 0 bridgehead atoms. The molecule has 4 aromatic carbocycles. The number of allylic oxidation sites excluding steroid dienone is 1. The van der Waals surface area contributed by atoms with Crippen molar-refractivity contribution < 1.29 is 0 Å². The molecule has 0 aliphatic heterocycles. The van der Waals surface area contributed by atoms with Crippen molar-refractivity contribution in [3.63, 3.8) is 0 Å². The van der Waals surface area contributed by atoms with Gasteiger partial charge in [0.05, 0.1) is 0 Å². The van der Waals surface area contributed by atoms with Gasteiger partial charge in [0.1, 0.15) is 0 Å². The fourth-order valence-electron chi connectivity index (χ4n) is 4.04. The number of halogens is 1. The zero-order chi connectivity index (χ0) is 20.9. The fourth-order valence-corrected chi connectivity index (χ4v) is 11.1. The van der Waals surface area contributed by atoms with Crippen molar-refractivity contribution >= 4 is 42.8 Å². The third kappa shape index (κ3) is 3.81. The molecule has 0 heterocycles. The van der Waals surface area contributed by atoms with Gasteiger partial charge in [-0.2, -0.15) is 0 Å². The third-order valence-corrected chi connectivity index (χ3v) is 15.3. The number of rotatable bonds is 6. The van der Waals surface area contributed by atoms with Crippen LogP contribution in [0.25, 0.3) is 6.08 Å². The summed E-state index contributed by atoms with van der Waals surface area (Å²) in [6.07, 6.45) is 5.48. The van der Waals surface area contributed by atoms with Crippen molar-refractivity contribution in [1.82, 2.24) is 0 Å². The van der Waals surface area contributed by atoms with Crippen LogP contribution in [-0.4, -0.2) is 6.16 Å². The van der Waals surface area contributed by atoms with Crippen molar-refractivity contribution in [3.05, 3.63) is 132 Å². The van der Waals surface area contributed by atoms with Gasteiger partial charge in [-0.1, -0.05) is 0 Å². The van der Waals surface area contributed by atoms with Crippen LogP contribution in [0.15, 0.2) is 121 Å². The van der Waals surface area contributed by atoms with Crippen molar-refractivity contribution in [3.8, 4) is 0 Å². The maximum absolute atomic E-state index is 4.48. The van der Waals surface area contributed by atoms with E-state index in [0.717, 1.165) is 6.16 Å². The number of aryl methyl sites for hydroxylation is 1. The zero-order valence-electron chi connectivity index (χ0n) is 17.2. The first-order valence-corrected chi connectivity index (χ1v) is 14.7. The van der Waals surface area contributed by atoms with Crippen LogP contribution in [0.4, 0.5) is 0 Å². The van der Waals surface area contributed by atoms with Crippen LogP contribution in [0.1, 0.15) is 11.1 Å². The fraction of sp³-hybridized carbons (Fsp3) is 0.0714. The van der Waals surface area contributed by atoms with Gasteiger partial charge in [0.25, 0.3) is 0 Å². The predicted molar refractivity (Wildman–Crippen MR) is 139 cm³/mol. The molecule has 0 N–H and O–H groups in total. The van der Waals surface area contributed by atoms with Gasteiger partial charge in [-0.05, 0) is 0 Å². The average molecular weight is 473 g/mol. The van der Waals surface area contributed by atoms with Gasteiger partial charge in [-0.15, -0.1) is 0 Å². The summed E-state index contributed by atoms with van der Waals surface area (Å²) in [5.74, 6) is 0. The molecule has 30 heavy (non-hydrogen) atoms. The molecule has 0 aliphatic rings.